The predicted molar refractivity (Wildman–Crippen MR) is 215 cm³/mol. The second-order valence-corrected chi connectivity index (χ2v) is 31.4. The summed E-state index contributed by atoms with van der Waals surface area (Å²) in [5.41, 5.74) is 7.44. The molecule has 7 rings (SSSR count). The third kappa shape index (κ3) is 8.58. The first-order valence-electron chi connectivity index (χ1n) is 17.1. The molecule has 3 aromatic heterocycles. The summed E-state index contributed by atoms with van der Waals surface area (Å²) in [4.78, 5) is 9.16. The van der Waals surface area contributed by atoms with Crippen LogP contribution in [0.5, 0.6) is 0 Å². The number of rotatable bonds is 6. The number of benzene rings is 4. The normalized spacial score (nSPS) is 12.2. The molecule has 7 aromatic rings. The molecule has 2 nitrogen and oxygen atoms in total. The van der Waals surface area contributed by atoms with E-state index in [9.17, 15) is 0 Å². The van der Waals surface area contributed by atoms with Gasteiger partial charge in [-0.05, 0) is 44.9 Å². The fourth-order valence-electron chi connectivity index (χ4n) is 5.70. The summed E-state index contributed by atoms with van der Waals surface area (Å²) >= 11 is 0.0856. The molecule has 1 radical (unpaired) electrons. The third-order valence-corrected chi connectivity index (χ3v) is 16.2. The van der Waals surface area contributed by atoms with Crippen LogP contribution in [0.3, 0.4) is 0 Å². The fourth-order valence-corrected chi connectivity index (χ4v) is 10.3. The minimum absolute atomic E-state index is 0. The average molecular weight is 915 g/mol. The van der Waals surface area contributed by atoms with E-state index < -0.39 is 27.2 Å². The molecule has 0 aliphatic heterocycles. The Kier molecular flexibility index (Phi) is 11.2. The summed E-state index contributed by atoms with van der Waals surface area (Å²) < 4.78 is 12.3. The van der Waals surface area contributed by atoms with Crippen molar-refractivity contribution < 1.29 is 21.5 Å². The van der Waals surface area contributed by atoms with Gasteiger partial charge >= 0.3 is 99.8 Å². The molecule has 6 heteroatoms. The number of fused-ring (bicyclic) bond motifs is 3. The molecule has 0 spiro atoms. The van der Waals surface area contributed by atoms with Crippen molar-refractivity contribution in [3.05, 3.63) is 133 Å². The molecule has 4 aromatic carbocycles. The molecule has 3 heterocycles. The van der Waals surface area contributed by atoms with Crippen molar-refractivity contribution >= 4 is 62.4 Å². The van der Waals surface area contributed by atoms with Crippen LogP contribution in [0.1, 0.15) is 26.7 Å². The van der Waals surface area contributed by atoms with Crippen LogP contribution in [0.4, 0.5) is 0 Å². The van der Waals surface area contributed by atoms with Crippen molar-refractivity contribution in [2.75, 3.05) is 0 Å². The predicted octanol–water partition coefficient (Wildman–Crippen LogP) is 11.3. The van der Waals surface area contributed by atoms with Gasteiger partial charge in [0.15, 0.2) is 0 Å². The van der Waals surface area contributed by atoms with E-state index in [-0.39, 0.29) is 20.1 Å². The Morgan fingerprint density at radius 3 is 2.14 bits per heavy atom. The monoisotopic (exact) mass is 916 g/mol. The Hall–Kier alpha value is -3.19. The summed E-state index contributed by atoms with van der Waals surface area (Å²) in [6.07, 6.45) is 3.85. The maximum Gasteiger partial charge on any atom is 0 e. The van der Waals surface area contributed by atoms with E-state index in [2.05, 4.69) is 120 Å². The number of hydrogen-bond donors (Lipinski definition) is 0. The molecule has 0 amide bonds. The van der Waals surface area contributed by atoms with Crippen molar-refractivity contribution in [3.8, 4) is 33.6 Å². The Morgan fingerprint density at radius 2 is 1.51 bits per heavy atom. The van der Waals surface area contributed by atoms with Crippen LogP contribution in [0, 0.1) is 12.1 Å². The zero-order chi connectivity index (χ0) is 35.0. The molecule has 0 aliphatic rings. The largest absolute Gasteiger partial charge is 0 e. The van der Waals surface area contributed by atoms with Gasteiger partial charge in [0.25, 0.3) is 0 Å². The van der Waals surface area contributed by atoms with Crippen LogP contribution >= 0.6 is 11.3 Å². The van der Waals surface area contributed by atoms with E-state index in [0.717, 1.165) is 28.1 Å². The Bertz CT molecular complexity index is 2210. The fraction of sp³-hybridized carbons (Fsp3) is 0.209. The van der Waals surface area contributed by atoms with Crippen LogP contribution in [0.25, 0.3) is 53.8 Å². The number of pyridine rings is 2. The summed E-state index contributed by atoms with van der Waals surface area (Å²) in [5.74, 6) is 6.48. The second kappa shape index (κ2) is 15.4. The minimum atomic E-state index is -1.72. The molecule has 0 atom stereocenters. The van der Waals surface area contributed by atoms with Gasteiger partial charge in [0.2, 0.25) is 0 Å². The summed E-state index contributed by atoms with van der Waals surface area (Å²) in [5, 5.41) is 3.99. The second-order valence-electron chi connectivity index (χ2n) is 14.6. The first-order chi connectivity index (χ1) is 23.2. The zero-order valence-corrected chi connectivity index (χ0v) is 35.9. The van der Waals surface area contributed by atoms with Gasteiger partial charge in [0.1, 0.15) is 0 Å². The van der Waals surface area contributed by atoms with Crippen molar-refractivity contribution in [2.24, 2.45) is 0 Å². The smallest absolute Gasteiger partial charge is 0 e. The van der Waals surface area contributed by atoms with E-state index >= 15 is 0 Å². The van der Waals surface area contributed by atoms with Crippen LogP contribution in [0.2, 0.25) is 36.9 Å². The van der Waals surface area contributed by atoms with E-state index in [1.807, 2.05) is 68.7 Å². The molecular formula is C43H44GeIrN2SSi-2. The SMILES string of the molecule is [2H]C(C)(C)c1ccnc(-c2[c-]ccc3c2sc2cc(-c4ccc([Si](C)(C)C)cc4)ccc23)c1.[CH3][Ge]([CH3])([CH3])[c]1ccc(-c2[c-]cccc2)nc1.[Ir]. The van der Waals surface area contributed by atoms with Crippen LogP contribution in [0.15, 0.2) is 116 Å². The molecule has 49 heavy (non-hydrogen) atoms. The Balaban J connectivity index is 0.000000241. The number of hydrogen-bond acceptors (Lipinski definition) is 3. The first-order valence-corrected chi connectivity index (χ1v) is 28.2. The van der Waals surface area contributed by atoms with Gasteiger partial charge in [0, 0.05) is 32.4 Å². The first kappa shape index (κ1) is 35.6. The van der Waals surface area contributed by atoms with Crippen LogP contribution in [-0.2, 0) is 20.1 Å². The van der Waals surface area contributed by atoms with E-state index in [4.69, 9.17) is 1.37 Å². The number of aromatic nitrogens is 2. The van der Waals surface area contributed by atoms with Crippen LogP contribution < -0.4 is 9.58 Å². The minimum Gasteiger partial charge on any atom is 0 e. The summed E-state index contributed by atoms with van der Waals surface area (Å²) in [6, 6.07) is 42.9. The maximum atomic E-state index is 8.40. The van der Waals surface area contributed by atoms with E-state index in [0.29, 0.717) is 0 Å². The van der Waals surface area contributed by atoms with Crippen molar-refractivity contribution in [2.45, 2.75) is 56.7 Å². The molecule has 0 saturated heterocycles. The quantitative estimate of drug-likeness (QED) is 0.123. The van der Waals surface area contributed by atoms with Gasteiger partial charge in [-0.1, -0.05) is 92.1 Å². The Labute approximate surface area is 315 Å². The number of thiophene rings is 1. The van der Waals surface area contributed by atoms with Gasteiger partial charge < -0.3 is 4.98 Å². The standard InChI is InChI=1S/C29H28NSSi.C14H16GeN.Ir/c1-19(2)21-15-16-30-27(17-21)26-8-6-7-25-24-14-11-22(18-28(24)31-29(25)26)20-9-12-23(13-10-20)32(3,4)5;1-15(2,3)13-9-10-14(16-11-13)12-7-5-4-6-8-12;/h6-7,9-19H,1-5H3;4-7,9-11H,1-3H3;/q2*-1;/i19D;;. The van der Waals surface area contributed by atoms with Gasteiger partial charge in [0.05, 0.1) is 8.07 Å². The zero-order valence-electron chi connectivity index (χ0n) is 30.6. The van der Waals surface area contributed by atoms with Crippen LogP contribution in [-0.4, -0.2) is 31.3 Å². The van der Waals surface area contributed by atoms with Gasteiger partial charge in [-0.3, -0.25) is 0 Å². The summed E-state index contributed by atoms with van der Waals surface area (Å²) in [7, 11) is -1.30. The molecule has 0 saturated carbocycles. The number of nitrogens with zero attached hydrogens (tertiary/aromatic N) is 2. The molecule has 0 N–H and O–H groups in total. The van der Waals surface area contributed by atoms with Gasteiger partial charge in [-0.2, -0.15) is 11.3 Å². The van der Waals surface area contributed by atoms with Crippen molar-refractivity contribution in [1.29, 1.82) is 0 Å². The molecule has 0 bridgehead atoms. The van der Waals surface area contributed by atoms with E-state index in [1.165, 1.54) is 40.9 Å². The molecular weight excluding hydrogens is 869 g/mol. The van der Waals surface area contributed by atoms with Gasteiger partial charge in [-0.15, -0.1) is 23.8 Å². The topological polar surface area (TPSA) is 25.8 Å². The van der Waals surface area contributed by atoms with Gasteiger partial charge in [-0.25, -0.2) is 0 Å². The molecule has 0 fully saturated rings. The van der Waals surface area contributed by atoms with E-state index in [1.54, 1.807) is 11.3 Å². The summed E-state index contributed by atoms with van der Waals surface area (Å²) in [6.45, 7) is 11.0. The van der Waals surface area contributed by atoms with Crippen molar-refractivity contribution in [3.63, 3.8) is 0 Å². The average Bonchev–Trinajstić information content (AvgIpc) is 3.46. The molecule has 0 aliphatic carbocycles. The van der Waals surface area contributed by atoms with Crippen molar-refractivity contribution in [1.82, 2.24) is 9.97 Å². The Morgan fingerprint density at radius 1 is 0.755 bits per heavy atom. The maximum absolute atomic E-state index is 8.40. The third-order valence-electron chi connectivity index (χ3n) is 8.73. The molecule has 0 unspecified atom stereocenters. The molecule has 251 valence electrons.